The summed E-state index contributed by atoms with van der Waals surface area (Å²) in [5, 5.41) is 4.41. The maximum absolute atomic E-state index is 6.36. The summed E-state index contributed by atoms with van der Waals surface area (Å²) in [6, 6.07) is 6.93. The predicted octanol–water partition coefficient (Wildman–Crippen LogP) is 5.00. The number of aryl methyl sites for hydroxylation is 1. The molecule has 1 unspecified atom stereocenters. The normalized spacial score (nSPS) is 12.9. The smallest absolute Gasteiger partial charge is 0.0441 e. The Bertz CT molecular complexity index is 370. The highest BCUT2D eigenvalue weighted by molar-refractivity contribution is 6.31. The minimum Gasteiger partial charge on any atom is -0.316 e. The second-order valence-electron chi connectivity index (χ2n) is 5.53. The van der Waals surface area contributed by atoms with Crippen molar-refractivity contribution in [2.24, 2.45) is 5.92 Å². The van der Waals surface area contributed by atoms with Crippen LogP contribution in [0, 0.1) is 12.8 Å². The quantitative estimate of drug-likeness (QED) is 0.707. The maximum atomic E-state index is 6.36. The van der Waals surface area contributed by atoms with Crippen LogP contribution in [-0.2, 0) is 6.42 Å². The van der Waals surface area contributed by atoms with Gasteiger partial charge in [-0.1, -0.05) is 50.4 Å². The van der Waals surface area contributed by atoms with Crippen LogP contribution >= 0.6 is 11.6 Å². The molecule has 0 aliphatic heterocycles. The van der Waals surface area contributed by atoms with Gasteiger partial charge in [-0.15, -0.1) is 0 Å². The molecular formula is C17H28ClN. The minimum absolute atomic E-state index is 0.528. The van der Waals surface area contributed by atoms with Gasteiger partial charge in [-0.25, -0.2) is 0 Å². The third-order valence-corrected chi connectivity index (χ3v) is 4.26. The predicted molar refractivity (Wildman–Crippen MR) is 86.0 cm³/mol. The van der Waals surface area contributed by atoms with E-state index in [-0.39, 0.29) is 0 Å². The van der Waals surface area contributed by atoms with E-state index < -0.39 is 0 Å². The first-order chi connectivity index (χ1) is 9.12. The van der Waals surface area contributed by atoms with Crippen LogP contribution in [0.15, 0.2) is 18.2 Å². The number of benzene rings is 1. The molecule has 0 spiro atoms. The summed E-state index contributed by atoms with van der Waals surface area (Å²) in [4.78, 5) is 0. The van der Waals surface area contributed by atoms with Crippen molar-refractivity contribution in [1.29, 1.82) is 0 Å². The van der Waals surface area contributed by atoms with E-state index in [2.05, 4.69) is 51.3 Å². The average Bonchev–Trinajstić information content (AvgIpc) is 2.38. The van der Waals surface area contributed by atoms with Crippen LogP contribution in [-0.4, -0.2) is 13.1 Å². The number of rotatable bonds is 8. The second-order valence-corrected chi connectivity index (χ2v) is 5.94. The Morgan fingerprint density at radius 3 is 2.26 bits per heavy atom. The van der Waals surface area contributed by atoms with E-state index in [1.165, 1.54) is 36.8 Å². The molecule has 0 aromatic heterocycles. The molecule has 0 saturated heterocycles. The molecule has 0 bridgehead atoms. The van der Waals surface area contributed by atoms with Gasteiger partial charge >= 0.3 is 0 Å². The van der Waals surface area contributed by atoms with Gasteiger partial charge in [0.1, 0.15) is 0 Å². The zero-order valence-electron chi connectivity index (χ0n) is 12.8. The molecule has 0 radical (unpaired) electrons. The van der Waals surface area contributed by atoms with Crippen LogP contribution in [0.1, 0.15) is 50.7 Å². The van der Waals surface area contributed by atoms with Crippen LogP contribution < -0.4 is 5.32 Å². The molecule has 1 aromatic rings. The van der Waals surface area contributed by atoms with E-state index in [0.29, 0.717) is 6.04 Å². The molecule has 1 nitrogen and oxygen atoms in total. The van der Waals surface area contributed by atoms with Gasteiger partial charge in [0.25, 0.3) is 0 Å². The Morgan fingerprint density at radius 1 is 1.16 bits per heavy atom. The third-order valence-electron chi connectivity index (χ3n) is 3.91. The van der Waals surface area contributed by atoms with Gasteiger partial charge in [0.2, 0.25) is 0 Å². The lowest BCUT2D eigenvalue weighted by atomic mass is 9.86. The molecule has 19 heavy (non-hydrogen) atoms. The molecule has 108 valence electrons. The number of halogens is 1. The fourth-order valence-corrected chi connectivity index (χ4v) is 3.16. The summed E-state index contributed by atoms with van der Waals surface area (Å²) in [6.45, 7) is 6.63. The van der Waals surface area contributed by atoms with Gasteiger partial charge in [0, 0.05) is 11.1 Å². The Hall–Kier alpha value is -0.530. The SMILES string of the molecule is CCCC(CCC)C(Cc1ccc(C)cc1Cl)NC. The first-order valence-corrected chi connectivity index (χ1v) is 7.92. The van der Waals surface area contributed by atoms with Gasteiger partial charge in [0.15, 0.2) is 0 Å². The first kappa shape index (κ1) is 16.5. The van der Waals surface area contributed by atoms with Crippen LogP contribution in [0.4, 0.5) is 0 Å². The Morgan fingerprint density at radius 2 is 1.79 bits per heavy atom. The molecule has 0 amide bonds. The largest absolute Gasteiger partial charge is 0.316 e. The summed E-state index contributed by atoms with van der Waals surface area (Å²) >= 11 is 6.36. The first-order valence-electron chi connectivity index (χ1n) is 7.54. The van der Waals surface area contributed by atoms with Crippen LogP contribution in [0.3, 0.4) is 0 Å². The van der Waals surface area contributed by atoms with Crippen molar-refractivity contribution in [3.05, 3.63) is 34.3 Å². The fourth-order valence-electron chi connectivity index (χ4n) is 2.85. The molecule has 0 heterocycles. The van der Waals surface area contributed by atoms with Crippen molar-refractivity contribution in [3.8, 4) is 0 Å². The fraction of sp³-hybridized carbons (Fsp3) is 0.647. The molecule has 1 aromatic carbocycles. The van der Waals surface area contributed by atoms with Gasteiger partial charge in [0.05, 0.1) is 0 Å². The molecule has 0 fully saturated rings. The summed E-state index contributed by atoms with van der Waals surface area (Å²) in [5.41, 5.74) is 2.50. The van der Waals surface area contributed by atoms with Crippen LogP contribution in [0.2, 0.25) is 5.02 Å². The third kappa shape index (κ3) is 5.16. The topological polar surface area (TPSA) is 12.0 Å². The van der Waals surface area contributed by atoms with Crippen molar-refractivity contribution in [1.82, 2.24) is 5.32 Å². The lowest BCUT2D eigenvalue weighted by molar-refractivity contribution is 0.323. The summed E-state index contributed by atoms with van der Waals surface area (Å²) in [5.74, 6) is 0.748. The van der Waals surface area contributed by atoms with Crippen molar-refractivity contribution in [2.75, 3.05) is 7.05 Å². The van der Waals surface area contributed by atoms with Crippen molar-refractivity contribution < 1.29 is 0 Å². The van der Waals surface area contributed by atoms with Gasteiger partial charge in [-0.3, -0.25) is 0 Å². The summed E-state index contributed by atoms with van der Waals surface area (Å²) in [7, 11) is 2.07. The minimum atomic E-state index is 0.528. The van der Waals surface area contributed by atoms with Crippen molar-refractivity contribution in [2.45, 2.75) is 58.9 Å². The summed E-state index contributed by atoms with van der Waals surface area (Å²) < 4.78 is 0. The molecule has 0 aliphatic rings. The standard InChI is InChI=1S/C17H28ClN/c1-5-7-14(8-6-2)17(19-4)12-15-10-9-13(3)11-16(15)18/h9-11,14,17,19H,5-8,12H2,1-4H3. The Kier molecular flexibility index (Phi) is 7.48. The summed E-state index contributed by atoms with van der Waals surface area (Å²) in [6.07, 6.45) is 6.13. The van der Waals surface area contributed by atoms with E-state index in [4.69, 9.17) is 11.6 Å². The molecule has 1 rings (SSSR count). The molecule has 1 N–H and O–H groups in total. The maximum Gasteiger partial charge on any atom is 0.0441 e. The van der Waals surface area contributed by atoms with Crippen molar-refractivity contribution in [3.63, 3.8) is 0 Å². The highest BCUT2D eigenvalue weighted by Crippen LogP contribution is 2.24. The number of likely N-dealkylation sites (N-methyl/N-ethyl adjacent to an activating group) is 1. The monoisotopic (exact) mass is 281 g/mol. The zero-order valence-corrected chi connectivity index (χ0v) is 13.6. The van der Waals surface area contributed by atoms with Crippen LogP contribution in [0.5, 0.6) is 0 Å². The molecular weight excluding hydrogens is 254 g/mol. The molecule has 0 saturated carbocycles. The Balaban J connectivity index is 2.78. The van der Waals surface area contributed by atoms with E-state index >= 15 is 0 Å². The van der Waals surface area contributed by atoms with E-state index in [9.17, 15) is 0 Å². The van der Waals surface area contributed by atoms with Crippen LogP contribution in [0.25, 0.3) is 0 Å². The number of hydrogen-bond acceptors (Lipinski definition) is 1. The van der Waals surface area contributed by atoms with Crippen molar-refractivity contribution >= 4 is 11.6 Å². The highest BCUT2D eigenvalue weighted by Gasteiger charge is 2.19. The number of hydrogen-bond donors (Lipinski definition) is 1. The lowest BCUT2D eigenvalue weighted by Crippen LogP contribution is -2.35. The zero-order chi connectivity index (χ0) is 14.3. The second kappa shape index (κ2) is 8.60. The number of nitrogens with one attached hydrogen (secondary N) is 1. The van der Waals surface area contributed by atoms with Gasteiger partial charge in [-0.2, -0.15) is 0 Å². The van der Waals surface area contributed by atoms with Gasteiger partial charge in [-0.05, 0) is 56.3 Å². The molecule has 0 aliphatic carbocycles. The Labute approximate surface area is 123 Å². The van der Waals surface area contributed by atoms with E-state index in [0.717, 1.165) is 17.4 Å². The van der Waals surface area contributed by atoms with E-state index in [1.807, 2.05) is 0 Å². The lowest BCUT2D eigenvalue weighted by Gasteiger charge is -2.27. The van der Waals surface area contributed by atoms with E-state index in [1.54, 1.807) is 0 Å². The highest BCUT2D eigenvalue weighted by atomic mass is 35.5. The average molecular weight is 282 g/mol. The van der Waals surface area contributed by atoms with Gasteiger partial charge < -0.3 is 5.32 Å². The molecule has 2 heteroatoms. The molecule has 1 atom stereocenters.